The molecule has 0 unspecified atom stereocenters. The van der Waals surface area contributed by atoms with Crippen molar-refractivity contribution in [2.24, 2.45) is 5.11 Å². The highest BCUT2D eigenvalue weighted by atomic mass is 17.2. The number of benzene rings is 1. The fraction of sp³-hybridized carbons (Fsp3) is 0.714. The Morgan fingerprint density at radius 2 is 1.17 bits per heavy atom. The van der Waals surface area contributed by atoms with Crippen molar-refractivity contribution in [1.29, 1.82) is 0 Å². The van der Waals surface area contributed by atoms with Crippen molar-refractivity contribution in [2.75, 3.05) is 73.1 Å². The largest absolute Gasteiger partial charge is 0.491 e. The van der Waals surface area contributed by atoms with Crippen molar-refractivity contribution in [3.63, 3.8) is 0 Å². The Bertz CT molecular complexity index is 1500. The zero-order valence-electron chi connectivity index (χ0n) is 32.7. The summed E-state index contributed by atoms with van der Waals surface area (Å²) >= 11 is 0. The van der Waals surface area contributed by atoms with Gasteiger partial charge >= 0.3 is 23.9 Å². The molecule has 23 heteroatoms. The number of fused-ring (bicyclic) bond motifs is 16. The SMILES string of the molecule is CO[C@H]1O[C@H](CN=[N+]=[N-])[C@@H](O[C@@H]2O[C@H](COC(C)=O)[C@H](OC(C)=O)[C@H](OC(C)=O)[C@H]2OC(C)=O)[C@@H]2OOCCOCCOc3ccc(cc3)OCCOCCOO[C@@H]12. The topological polar surface area (TPSA) is 265 Å². The summed E-state index contributed by atoms with van der Waals surface area (Å²) in [7, 11) is 1.31. The lowest BCUT2D eigenvalue weighted by atomic mass is 9.96. The molecule has 0 radical (unpaired) electrons. The molecule has 1 aromatic carbocycles. The summed E-state index contributed by atoms with van der Waals surface area (Å²) in [6.07, 6.45) is -14.3. The Hall–Kier alpha value is -4.39. The molecule has 0 N–H and O–H groups in total. The average Bonchev–Trinajstić information content (AvgIpc) is 3.18. The summed E-state index contributed by atoms with van der Waals surface area (Å²) in [5.74, 6) is -2.03. The third-order valence-corrected chi connectivity index (χ3v) is 8.18. The molecule has 324 valence electrons. The highest BCUT2D eigenvalue weighted by Crippen LogP contribution is 2.35. The second-order valence-corrected chi connectivity index (χ2v) is 12.5. The molecule has 0 amide bonds. The number of nitrogens with zero attached hydrogens (tertiary/aromatic N) is 3. The number of methoxy groups -OCH3 is 1. The lowest BCUT2D eigenvalue weighted by molar-refractivity contribution is -0.458. The van der Waals surface area contributed by atoms with Gasteiger partial charge in [0, 0.05) is 39.7 Å². The van der Waals surface area contributed by atoms with E-state index in [0.29, 0.717) is 11.5 Å². The van der Waals surface area contributed by atoms with E-state index in [-0.39, 0.29) is 59.4 Å². The van der Waals surface area contributed by atoms with Crippen molar-refractivity contribution < 1.29 is 95.6 Å². The molecule has 2 saturated heterocycles. The van der Waals surface area contributed by atoms with Crippen LogP contribution in [-0.2, 0) is 86.1 Å². The average molecular weight is 832 g/mol. The molecule has 1 aromatic rings. The van der Waals surface area contributed by atoms with E-state index in [2.05, 4.69) is 10.0 Å². The van der Waals surface area contributed by atoms with Crippen LogP contribution >= 0.6 is 0 Å². The first-order chi connectivity index (χ1) is 28.0. The molecule has 0 saturated carbocycles. The van der Waals surface area contributed by atoms with Crippen molar-refractivity contribution in [1.82, 2.24) is 0 Å². The smallest absolute Gasteiger partial charge is 0.303 e. The Labute approximate surface area is 332 Å². The molecule has 0 aliphatic carbocycles. The Morgan fingerprint density at radius 1 is 0.655 bits per heavy atom. The molecule has 4 heterocycles. The van der Waals surface area contributed by atoms with Crippen molar-refractivity contribution in [2.45, 2.75) is 89.1 Å². The molecule has 58 heavy (non-hydrogen) atoms. The van der Waals surface area contributed by atoms with Gasteiger partial charge in [0.25, 0.3) is 0 Å². The fourth-order valence-electron chi connectivity index (χ4n) is 5.87. The quantitative estimate of drug-likeness (QED) is 0.0611. The maximum absolute atomic E-state index is 12.5. The van der Waals surface area contributed by atoms with E-state index in [9.17, 15) is 24.7 Å². The third-order valence-electron chi connectivity index (χ3n) is 8.18. The number of carbonyl (C=O) groups is 4. The summed E-state index contributed by atoms with van der Waals surface area (Å²) < 4.78 is 68.7. The number of azide groups is 1. The van der Waals surface area contributed by atoms with Crippen LogP contribution in [0.25, 0.3) is 10.4 Å². The Balaban J connectivity index is 1.65. The lowest BCUT2D eigenvalue weighted by Crippen LogP contribution is -2.66. The molecule has 0 spiro atoms. The normalized spacial score (nSPS) is 30.2. The summed E-state index contributed by atoms with van der Waals surface area (Å²) in [4.78, 5) is 74.5. The van der Waals surface area contributed by atoms with Gasteiger partial charge in [0.05, 0.1) is 39.1 Å². The summed E-state index contributed by atoms with van der Waals surface area (Å²) in [5, 5.41) is 3.65. The molecule has 4 aliphatic rings. The van der Waals surface area contributed by atoms with Gasteiger partial charge in [-0.2, -0.15) is 0 Å². The summed E-state index contributed by atoms with van der Waals surface area (Å²) in [5.41, 5.74) is 9.26. The maximum Gasteiger partial charge on any atom is 0.303 e. The van der Waals surface area contributed by atoms with Gasteiger partial charge in [-0.1, -0.05) is 5.11 Å². The van der Waals surface area contributed by atoms with Gasteiger partial charge in [-0.15, -0.1) is 0 Å². The van der Waals surface area contributed by atoms with Gasteiger partial charge in [-0.25, -0.2) is 19.6 Å². The first kappa shape index (κ1) is 46.3. The van der Waals surface area contributed by atoms with Crippen LogP contribution in [0.2, 0.25) is 0 Å². The first-order valence-corrected chi connectivity index (χ1v) is 18.2. The second kappa shape index (κ2) is 24.5. The van der Waals surface area contributed by atoms with Gasteiger partial charge in [0.1, 0.15) is 56.7 Å². The molecular weight excluding hydrogens is 782 g/mol. The lowest BCUT2D eigenvalue weighted by Gasteiger charge is -2.48. The van der Waals surface area contributed by atoms with E-state index in [1.54, 1.807) is 24.3 Å². The second-order valence-electron chi connectivity index (χ2n) is 12.5. The van der Waals surface area contributed by atoms with Crippen LogP contribution in [0.5, 0.6) is 11.5 Å². The molecule has 2 fully saturated rings. The van der Waals surface area contributed by atoms with Crippen LogP contribution in [-0.4, -0.2) is 158 Å². The fourth-order valence-corrected chi connectivity index (χ4v) is 5.87. The monoisotopic (exact) mass is 831 g/mol. The molecule has 4 aliphatic heterocycles. The Kier molecular flexibility index (Phi) is 19.6. The number of ether oxygens (including phenoxy) is 12. The van der Waals surface area contributed by atoms with Crippen LogP contribution in [0.4, 0.5) is 0 Å². The summed E-state index contributed by atoms with van der Waals surface area (Å²) in [6.45, 7) is 4.24. The van der Waals surface area contributed by atoms with Crippen LogP contribution in [0.15, 0.2) is 29.4 Å². The third kappa shape index (κ3) is 14.8. The molecule has 23 nitrogen and oxygen atoms in total. The van der Waals surface area contributed by atoms with E-state index in [1.807, 2.05) is 0 Å². The van der Waals surface area contributed by atoms with Gasteiger partial charge in [-0.3, -0.25) is 19.2 Å². The zero-order valence-corrected chi connectivity index (χ0v) is 32.7. The van der Waals surface area contributed by atoms with Crippen molar-refractivity contribution in [3.05, 3.63) is 34.7 Å². The number of esters is 4. The molecule has 0 aromatic heterocycles. The van der Waals surface area contributed by atoms with E-state index >= 15 is 0 Å². The zero-order chi connectivity index (χ0) is 41.9. The first-order valence-electron chi connectivity index (χ1n) is 18.2. The number of rotatable bonds is 10. The van der Waals surface area contributed by atoms with Crippen molar-refractivity contribution in [3.8, 4) is 11.5 Å². The van der Waals surface area contributed by atoms with Crippen LogP contribution in [0.3, 0.4) is 0 Å². The van der Waals surface area contributed by atoms with Crippen LogP contribution in [0.1, 0.15) is 27.7 Å². The van der Waals surface area contributed by atoms with Gasteiger partial charge in [-0.05, 0) is 29.8 Å². The van der Waals surface area contributed by atoms with Gasteiger partial charge in [0.15, 0.2) is 43.1 Å². The number of hydrogen-bond acceptors (Lipinski definition) is 21. The minimum Gasteiger partial charge on any atom is -0.491 e. The number of carbonyl (C=O) groups excluding carboxylic acids is 4. The van der Waals surface area contributed by atoms with E-state index in [4.69, 9.17) is 76.4 Å². The summed E-state index contributed by atoms with van der Waals surface area (Å²) in [6, 6.07) is 7.06. The molecule has 10 atom stereocenters. The van der Waals surface area contributed by atoms with Gasteiger partial charge < -0.3 is 56.8 Å². The molecular formula is C35H49N3O20. The molecule has 5 rings (SSSR count). The minimum atomic E-state index is -1.71. The van der Waals surface area contributed by atoms with E-state index in [0.717, 1.165) is 27.7 Å². The van der Waals surface area contributed by atoms with E-state index in [1.165, 1.54) is 7.11 Å². The minimum absolute atomic E-state index is 0.0415. The number of hydrogen-bond donors (Lipinski definition) is 0. The predicted octanol–water partition coefficient (Wildman–Crippen LogP) is 1.27. The maximum atomic E-state index is 12.5. The molecule has 2 bridgehead atoms. The van der Waals surface area contributed by atoms with Crippen LogP contribution < -0.4 is 9.47 Å². The van der Waals surface area contributed by atoms with Crippen molar-refractivity contribution >= 4 is 23.9 Å². The highest BCUT2D eigenvalue weighted by Gasteiger charge is 2.57. The predicted molar refractivity (Wildman–Crippen MR) is 187 cm³/mol. The Morgan fingerprint density at radius 3 is 1.71 bits per heavy atom. The highest BCUT2D eigenvalue weighted by molar-refractivity contribution is 5.68. The van der Waals surface area contributed by atoms with Crippen LogP contribution in [0, 0.1) is 0 Å². The van der Waals surface area contributed by atoms with Gasteiger partial charge in [0.2, 0.25) is 0 Å². The standard InChI is InChI=1S/C35H49N3O20/c1-20(39)48-19-27-29(51-21(2)40)30(52-22(3)41)32(53-23(4)42)35(55-27)56-28-26(18-37-38-36)54-34(43-5)33-31(28)57-49-16-12-44-10-14-46-24-6-8-25(9-7-24)47-15-11-45-13-17-50-58-33/h6-9,26-35H,10-19H2,1-5H3/t26-,27-,28-,29+,30+,31+,32-,33-,34+,35+/m1/s1. The van der Waals surface area contributed by atoms with E-state index < -0.39 is 91.9 Å².